The van der Waals surface area contributed by atoms with Gasteiger partial charge in [0.25, 0.3) is 5.56 Å². The summed E-state index contributed by atoms with van der Waals surface area (Å²) in [4.78, 5) is 35.9. The molecule has 0 radical (unpaired) electrons. The van der Waals surface area contributed by atoms with Gasteiger partial charge in [-0.25, -0.2) is 0 Å². The van der Waals surface area contributed by atoms with Crippen molar-refractivity contribution < 1.29 is 4.79 Å². The van der Waals surface area contributed by atoms with E-state index in [-0.39, 0.29) is 17.5 Å². The number of aryl methyl sites for hydroxylation is 1. The highest BCUT2D eigenvalue weighted by Crippen LogP contribution is 2.25. The van der Waals surface area contributed by atoms with Gasteiger partial charge in [-0.3, -0.25) is 14.6 Å². The van der Waals surface area contributed by atoms with Gasteiger partial charge in [-0.15, -0.1) is 0 Å². The summed E-state index contributed by atoms with van der Waals surface area (Å²) < 4.78 is 0. The van der Waals surface area contributed by atoms with E-state index in [0.29, 0.717) is 18.8 Å². The molecule has 1 amide bonds. The molecule has 0 aromatic carbocycles. The molecule has 1 unspecified atom stereocenters. The van der Waals surface area contributed by atoms with Crippen molar-refractivity contribution in [2.24, 2.45) is 0 Å². The number of carbonyl (C=O) groups is 1. The van der Waals surface area contributed by atoms with Crippen molar-refractivity contribution in [2.75, 3.05) is 24.5 Å². The summed E-state index contributed by atoms with van der Waals surface area (Å²) in [5.41, 5.74) is 3.55. The number of likely N-dealkylation sites (tertiary alicyclic amines) is 1. The molecule has 3 heterocycles. The Kier molecular flexibility index (Phi) is 6.29. The predicted octanol–water partition coefficient (Wildman–Crippen LogP) is 3.00. The van der Waals surface area contributed by atoms with E-state index < -0.39 is 0 Å². The standard InChI is InChI=1S/C22H28N4O2/c1-4-18-12-16(9-10-23-18)17-13-20(22(28)24-14-17)26(6-3)19-8-7-11-25(15-19)21(27)5-2/h5,9-10,12-14,19H,2,4,6-8,11,15H2,1,3H3,(H,24,28). The zero-order valence-corrected chi connectivity index (χ0v) is 16.6. The predicted molar refractivity (Wildman–Crippen MR) is 112 cm³/mol. The van der Waals surface area contributed by atoms with Crippen molar-refractivity contribution in [3.63, 3.8) is 0 Å². The number of hydrogen-bond donors (Lipinski definition) is 1. The van der Waals surface area contributed by atoms with E-state index in [9.17, 15) is 9.59 Å². The number of carbonyl (C=O) groups excluding carboxylic acids is 1. The molecule has 2 aromatic heterocycles. The van der Waals surface area contributed by atoms with Gasteiger partial charge >= 0.3 is 0 Å². The molecule has 148 valence electrons. The lowest BCUT2D eigenvalue weighted by Crippen LogP contribution is -2.50. The lowest BCUT2D eigenvalue weighted by molar-refractivity contribution is -0.127. The Morgan fingerprint density at radius 2 is 2.21 bits per heavy atom. The summed E-state index contributed by atoms with van der Waals surface area (Å²) in [6.45, 7) is 9.76. The fraction of sp³-hybridized carbons (Fsp3) is 0.409. The molecule has 1 fully saturated rings. The molecule has 6 heteroatoms. The fourth-order valence-corrected chi connectivity index (χ4v) is 3.87. The van der Waals surface area contributed by atoms with Crippen molar-refractivity contribution >= 4 is 11.6 Å². The minimum atomic E-state index is -0.109. The second kappa shape index (κ2) is 8.87. The van der Waals surface area contributed by atoms with Crippen LogP contribution in [0.4, 0.5) is 5.69 Å². The lowest BCUT2D eigenvalue weighted by atomic mass is 10.0. The van der Waals surface area contributed by atoms with Crippen LogP contribution in [0.5, 0.6) is 0 Å². The summed E-state index contributed by atoms with van der Waals surface area (Å²) in [6, 6.07) is 6.07. The minimum absolute atomic E-state index is 0.0488. The summed E-state index contributed by atoms with van der Waals surface area (Å²) in [6.07, 6.45) is 7.65. The zero-order chi connectivity index (χ0) is 20.1. The number of likely N-dealkylation sites (N-methyl/N-ethyl adjacent to an activating group) is 1. The number of anilines is 1. The van der Waals surface area contributed by atoms with Crippen LogP contribution < -0.4 is 10.5 Å². The van der Waals surface area contributed by atoms with Crippen LogP contribution in [-0.4, -0.2) is 46.5 Å². The van der Waals surface area contributed by atoms with Gasteiger partial charge in [0.15, 0.2) is 0 Å². The number of amides is 1. The third kappa shape index (κ3) is 4.16. The van der Waals surface area contributed by atoms with E-state index in [1.54, 1.807) is 12.4 Å². The molecule has 0 aliphatic carbocycles. The van der Waals surface area contributed by atoms with Crippen LogP contribution in [0.25, 0.3) is 11.1 Å². The number of piperidine rings is 1. The Balaban J connectivity index is 1.93. The van der Waals surface area contributed by atoms with Crippen LogP contribution in [0, 0.1) is 0 Å². The number of H-pyrrole nitrogens is 1. The van der Waals surface area contributed by atoms with Crippen LogP contribution in [0.3, 0.4) is 0 Å². The van der Waals surface area contributed by atoms with Crippen LogP contribution in [0.1, 0.15) is 32.4 Å². The van der Waals surface area contributed by atoms with Crippen LogP contribution in [0.15, 0.2) is 48.0 Å². The molecule has 6 nitrogen and oxygen atoms in total. The summed E-state index contributed by atoms with van der Waals surface area (Å²) in [5, 5.41) is 0. The third-order valence-corrected chi connectivity index (χ3v) is 5.37. The molecule has 0 spiro atoms. The Morgan fingerprint density at radius 1 is 1.39 bits per heavy atom. The maximum absolute atomic E-state index is 12.6. The van der Waals surface area contributed by atoms with E-state index >= 15 is 0 Å². The highest BCUT2D eigenvalue weighted by molar-refractivity contribution is 5.87. The van der Waals surface area contributed by atoms with Crippen molar-refractivity contribution in [3.8, 4) is 11.1 Å². The lowest BCUT2D eigenvalue weighted by Gasteiger charge is -2.39. The molecule has 0 saturated carbocycles. The quantitative estimate of drug-likeness (QED) is 0.782. The molecule has 1 atom stereocenters. The molecule has 28 heavy (non-hydrogen) atoms. The number of nitrogens with one attached hydrogen (secondary N) is 1. The number of aromatic amines is 1. The van der Waals surface area contributed by atoms with Crippen LogP contribution >= 0.6 is 0 Å². The SMILES string of the molecule is C=CC(=O)N1CCCC(N(CC)c2cc(-c3ccnc(CC)c3)c[nH]c2=O)C1. The van der Waals surface area contributed by atoms with Crippen molar-refractivity contribution in [3.05, 3.63) is 59.3 Å². The molecule has 0 bridgehead atoms. The topological polar surface area (TPSA) is 69.3 Å². The van der Waals surface area contributed by atoms with E-state index in [0.717, 1.165) is 42.6 Å². The summed E-state index contributed by atoms with van der Waals surface area (Å²) in [7, 11) is 0. The average molecular weight is 380 g/mol. The smallest absolute Gasteiger partial charge is 0.271 e. The van der Waals surface area contributed by atoms with Gasteiger partial charge in [-0.05, 0) is 56.0 Å². The molecule has 1 aliphatic heterocycles. The van der Waals surface area contributed by atoms with E-state index in [1.165, 1.54) is 6.08 Å². The van der Waals surface area contributed by atoms with E-state index in [2.05, 4.69) is 34.4 Å². The third-order valence-electron chi connectivity index (χ3n) is 5.37. The molecular formula is C22H28N4O2. The number of aromatic nitrogens is 2. The Hall–Kier alpha value is -2.89. The summed E-state index contributed by atoms with van der Waals surface area (Å²) in [5.74, 6) is -0.0488. The van der Waals surface area contributed by atoms with E-state index in [1.807, 2.05) is 24.0 Å². The van der Waals surface area contributed by atoms with Crippen molar-refractivity contribution in [1.82, 2.24) is 14.9 Å². The van der Waals surface area contributed by atoms with Gasteiger partial charge in [0, 0.05) is 49.3 Å². The molecular weight excluding hydrogens is 352 g/mol. The molecule has 1 aliphatic rings. The number of hydrogen-bond acceptors (Lipinski definition) is 4. The van der Waals surface area contributed by atoms with Crippen LogP contribution in [-0.2, 0) is 11.2 Å². The number of pyridine rings is 2. The van der Waals surface area contributed by atoms with E-state index in [4.69, 9.17) is 0 Å². The summed E-state index contributed by atoms with van der Waals surface area (Å²) >= 11 is 0. The van der Waals surface area contributed by atoms with Gasteiger partial charge < -0.3 is 14.8 Å². The Labute approximate surface area is 165 Å². The second-order valence-corrected chi connectivity index (χ2v) is 7.06. The zero-order valence-electron chi connectivity index (χ0n) is 16.6. The minimum Gasteiger partial charge on any atom is -0.363 e. The van der Waals surface area contributed by atoms with Crippen LogP contribution in [0.2, 0.25) is 0 Å². The monoisotopic (exact) mass is 380 g/mol. The number of nitrogens with zero attached hydrogens (tertiary/aromatic N) is 3. The largest absolute Gasteiger partial charge is 0.363 e. The van der Waals surface area contributed by atoms with Crippen molar-refractivity contribution in [2.45, 2.75) is 39.2 Å². The molecule has 3 rings (SSSR count). The normalized spacial score (nSPS) is 16.6. The van der Waals surface area contributed by atoms with Gasteiger partial charge in [0.05, 0.1) is 0 Å². The van der Waals surface area contributed by atoms with Gasteiger partial charge in [-0.2, -0.15) is 0 Å². The molecule has 2 aromatic rings. The fourth-order valence-electron chi connectivity index (χ4n) is 3.87. The Bertz CT molecular complexity index is 905. The highest BCUT2D eigenvalue weighted by atomic mass is 16.2. The maximum atomic E-state index is 12.6. The first kappa shape index (κ1) is 19.9. The molecule has 1 saturated heterocycles. The second-order valence-electron chi connectivity index (χ2n) is 7.06. The Morgan fingerprint density at radius 3 is 2.93 bits per heavy atom. The first-order valence-corrected chi connectivity index (χ1v) is 9.93. The van der Waals surface area contributed by atoms with Gasteiger partial charge in [0.1, 0.15) is 5.69 Å². The first-order valence-electron chi connectivity index (χ1n) is 9.93. The van der Waals surface area contributed by atoms with Gasteiger partial charge in [0.2, 0.25) is 5.91 Å². The average Bonchev–Trinajstić information content (AvgIpc) is 2.75. The van der Waals surface area contributed by atoms with Gasteiger partial charge in [-0.1, -0.05) is 13.5 Å². The first-order chi connectivity index (χ1) is 13.6. The van der Waals surface area contributed by atoms with Crippen molar-refractivity contribution in [1.29, 1.82) is 0 Å². The maximum Gasteiger partial charge on any atom is 0.271 e. The number of rotatable bonds is 6. The highest BCUT2D eigenvalue weighted by Gasteiger charge is 2.27. The molecule has 1 N–H and O–H groups in total.